The van der Waals surface area contributed by atoms with E-state index in [1.165, 1.54) is 22.0 Å². The molecule has 112 valence electrons. The van der Waals surface area contributed by atoms with Gasteiger partial charge in [0, 0.05) is 36.7 Å². The third kappa shape index (κ3) is 1.95. The summed E-state index contributed by atoms with van der Waals surface area (Å²) >= 11 is 0. The first-order valence-electron chi connectivity index (χ1n) is 7.70. The average molecular weight is 294 g/mol. The molecule has 0 bridgehead atoms. The number of carbonyl (C=O) groups excluding carboxylic acids is 1. The number of aryl methyl sites for hydroxylation is 1. The van der Waals surface area contributed by atoms with Crippen LogP contribution in [0.25, 0.3) is 10.9 Å². The second-order valence-corrected chi connectivity index (χ2v) is 5.71. The van der Waals surface area contributed by atoms with Crippen LogP contribution < -0.4 is 0 Å². The van der Waals surface area contributed by atoms with Gasteiger partial charge in [-0.2, -0.15) is 0 Å². The Hall–Kier alpha value is -2.49. The first-order chi connectivity index (χ1) is 10.8. The minimum Gasteiger partial charge on any atom is -0.459 e. The van der Waals surface area contributed by atoms with E-state index >= 15 is 0 Å². The van der Waals surface area contributed by atoms with Crippen LogP contribution in [0, 0.1) is 0 Å². The van der Waals surface area contributed by atoms with E-state index in [1.54, 1.807) is 18.4 Å². The Labute approximate surface area is 128 Å². The van der Waals surface area contributed by atoms with E-state index in [0.717, 1.165) is 19.5 Å². The summed E-state index contributed by atoms with van der Waals surface area (Å²) < 4.78 is 7.55. The Balaban J connectivity index is 1.75. The van der Waals surface area contributed by atoms with Crippen molar-refractivity contribution in [3.63, 3.8) is 0 Å². The van der Waals surface area contributed by atoms with Gasteiger partial charge in [0.2, 0.25) is 0 Å². The van der Waals surface area contributed by atoms with Gasteiger partial charge in [0.15, 0.2) is 5.76 Å². The highest BCUT2D eigenvalue weighted by atomic mass is 16.3. The number of carbonyl (C=O) groups is 1. The van der Waals surface area contributed by atoms with Crippen molar-refractivity contribution < 1.29 is 9.21 Å². The van der Waals surface area contributed by atoms with Crippen molar-refractivity contribution >= 4 is 16.8 Å². The molecular formula is C18H18N2O2. The number of hydrogen-bond acceptors (Lipinski definition) is 2. The van der Waals surface area contributed by atoms with Crippen LogP contribution in [0.15, 0.2) is 47.2 Å². The van der Waals surface area contributed by atoms with Crippen molar-refractivity contribution in [2.75, 3.05) is 6.54 Å². The number of hydrogen-bond donors (Lipinski definition) is 0. The van der Waals surface area contributed by atoms with Crippen molar-refractivity contribution in [2.24, 2.45) is 0 Å². The van der Waals surface area contributed by atoms with Crippen LogP contribution >= 0.6 is 0 Å². The van der Waals surface area contributed by atoms with E-state index in [-0.39, 0.29) is 5.91 Å². The molecule has 0 radical (unpaired) electrons. The molecule has 1 amide bonds. The second kappa shape index (κ2) is 5.05. The Morgan fingerprint density at radius 2 is 2.14 bits per heavy atom. The minimum atomic E-state index is -0.0319. The largest absolute Gasteiger partial charge is 0.459 e. The maximum Gasteiger partial charge on any atom is 0.289 e. The molecule has 0 saturated carbocycles. The minimum absolute atomic E-state index is 0.0319. The number of benzene rings is 1. The van der Waals surface area contributed by atoms with Crippen LogP contribution in [0.4, 0.5) is 0 Å². The van der Waals surface area contributed by atoms with Crippen LogP contribution in [0.2, 0.25) is 0 Å². The fourth-order valence-corrected chi connectivity index (χ4v) is 3.37. The predicted molar refractivity (Wildman–Crippen MR) is 84.8 cm³/mol. The Morgan fingerprint density at radius 1 is 1.23 bits per heavy atom. The van der Waals surface area contributed by atoms with E-state index in [1.807, 2.05) is 4.90 Å². The van der Waals surface area contributed by atoms with Crippen LogP contribution in [-0.4, -0.2) is 21.9 Å². The zero-order valence-corrected chi connectivity index (χ0v) is 12.6. The summed E-state index contributed by atoms with van der Waals surface area (Å²) in [5, 5.41) is 1.32. The quantitative estimate of drug-likeness (QED) is 0.726. The SMILES string of the molecule is CCn1cc2c3c(cccc31)CN(C(=O)c1ccco1)CC2. The van der Waals surface area contributed by atoms with Crippen molar-refractivity contribution in [3.8, 4) is 0 Å². The average Bonchev–Trinajstić information content (AvgIpc) is 3.14. The summed E-state index contributed by atoms with van der Waals surface area (Å²) in [6.45, 7) is 4.48. The van der Waals surface area contributed by atoms with Gasteiger partial charge >= 0.3 is 0 Å². The molecule has 0 saturated heterocycles. The number of aromatic nitrogens is 1. The zero-order valence-electron chi connectivity index (χ0n) is 12.6. The van der Waals surface area contributed by atoms with Crippen LogP contribution in [0.5, 0.6) is 0 Å². The van der Waals surface area contributed by atoms with Gasteiger partial charge in [0.25, 0.3) is 5.91 Å². The lowest BCUT2D eigenvalue weighted by atomic mass is 10.1. The monoisotopic (exact) mass is 294 g/mol. The molecule has 1 aromatic carbocycles. The molecular weight excluding hydrogens is 276 g/mol. The van der Waals surface area contributed by atoms with E-state index in [2.05, 4.69) is 35.9 Å². The lowest BCUT2D eigenvalue weighted by Gasteiger charge is -2.20. The van der Waals surface area contributed by atoms with E-state index in [9.17, 15) is 4.79 Å². The van der Waals surface area contributed by atoms with Crippen molar-refractivity contribution in [1.82, 2.24) is 9.47 Å². The maximum atomic E-state index is 12.6. The number of furan rings is 1. The summed E-state index contributed by atoms with van der Waals surface area (Å²) in [6, 6.07) is 9.85. The fourth-order valence-electron chi connectivity index (χ4n) is 3.37. The Morgan fingerprint density at radius 3 is 2.91 bits per heavy atom. The van der Waals surface area contributed by atoms with Gasteiger partial charge in [-0.15, -0.1) is 0 Å². The molecule has 0 fully saturated rings. The molecule has 1 aliphatic heterocycles. The van der Waals surface area contributed by atoms with Crippen LogP contribution in [0.3, 0.4) is 0 Å². The van der Waals surface area contributed by atoms with Gasteiger partial charge in [-0.05, 0) is 42.7 Å². The van der Waals surface area contributed by atoms with E-state index in [4.69, 9.17) is 4.42 Å². The molecule has 0 atom stereocenters. The second-order valence-electron chi connectivity index (χ2n) is 5.71. The standard InChI is InChI=1S/C18H18N2O2/c1-2-19-11-14-8-9-20(18(21)16-7-4-10-22-16)12-13-5-3-6-15(19)17(13)14/h3-7,10-11H,2,8-9,12H2,1H3. The molecule has 1 aliphatic rings. The van der Waals surface area contributed by atoms with Gasteiger partial charge in [-0.25, -0.2) is 0 Å². The Bertz CT molecular complexity index is 830. The number of rotatable bonds is 2. The summed E-state index contributed by atoms with van der Waals surface area (Å²) in [7, 11) is 0. The zero-order chi connectivity index (χ0) is 15.1. The van der Waals surface area contributed by atoms with Crippen LogP contribution in [0.1, 0.15) is 28.6 Å². The van der Waals surface area contributed by atoms with Crippen molar-refractivity contribution in [1.29, 1.82) is 0 Å². The lowest BCUT2D eigenvalue weighted by Crippen LogP contribution is -2.31. The maximum absolute atomic E-state index is 12.6. The summed E-state index contributed by atoms with van der Waals surface area (Å²) in [6.07, 6.45) is 4.66. The molecule has 0 spiro atoms. The molecule has 4 rings (SSSR count). The van der Waals surface area contributed by atoms with Crippen molar-refractivity contribution in [3.05, 3.63) is 59.7 Å². The van der Waals surface area contributed by atoms with Gasteiger partial charge < -0.3 is 13.9 Å². The summed E-state index contributed by atoms with van der Waals surface area (Å²) in [5.74, 6) is 0.382. The summed E-state index contributed by atoms with van der Waals surface area (Å²) in [5.41, 5.74) is 3.82. The molecule has 4 nitrogen and oxygen atoms in total. The number of amides is 1. The van der Waals surface area contributed by atoms with Gasteiger partial charge in [-0.3, -0.25) is 4.79 Å². The van der Waals surface area contributed by atoms with Crippen molar-refractivity contribution in [2.45, 2.75) is 26.4 Å². The molecule has 3 heterocycles. The van der Waals surface area contributed by atoms with E-state index in [0.29, 0.717) is 12.3 Å². The molecule has 3 aromatic rings. The Kier molecular flexibility index (Phi) is 3.03. The summed E-state index contributed by atoms with van der Waals surface area (Å²) in [4.78, 5) is 14.4. The fraction of sp³-hybridized carbons (Fsp3) is 0.278. The molecule has 0 N–H and O–H groups in total. The highest BCUT2D eigenvalue weighted by Crippen LogP contribution is 2.30. The van der Waals surface area contributed by atoms with Gasteiger partial charge in [-0.1, -0.05) is 12.1 Å². The normalized spacial score (nSPS) is 14.3. The van der Waals surface area contributed by atoms with E-state index < -0.39 is 0 Å². The van der Waals surface area contributed by atoms with Crippen LogP contribution in [-0.2, 0) is 19.5 Å². The first-order valence-corrected chi connectivity index (χ1v) is 7.70. The highest BCUT2D eigenvalue weighted by molar-refractivity contribution is 5.93. The molecule has 2 aromatic heterocycles. The van der Waals surface area contributed by atoms with Gasteiger partial charge in [0.05, 0.1) is 6.26 Å². The highest BCUT2D eigenvalue weighted by Gasteiger charge is 2.24. The molecule has 22 heavy (non-hydrogen) atoms. The predicted octanol–water partition coefficient (Wildman–Crippen LogP) is 3.45. The smallest absolute Gasteiger partial charge is 0.289 e. The van der Waals surface area contributed by atoms with Gasteiger partial charge in [0.1, 0.15) is 0 Å². The molecule has 0 aliphatic carbocycles. The molecule has 4 heteroatoms. The third-order valence-electron chi connectivity index (χ3n) is 4.44. The topological polar surface area (TPSA) is 38.4 Å². The third-order valence-corrected chi connectivity index (χ3v) is 4.44. The lowest BCUT2D eigenvalue weighted by molar-refractivity contribution is 0.0715. The number of nitrogens with zero attached hydrogens (tertiary/aromatic N) is 2. The first kappa shape index (κ1) is 13.2. The molecule has 0 unspecified atom stereocenters.